The average Bonchev–Trinajstić information content (AvgIpc) is 3.82. The molecule has 2 heteroatoms. The van der Waals surface area contributed by atoms with Gasteiger partial charge in [0.25, 0.3) is 0 Å². The number of para-hydroxylation sites is 4. The van der Waals surface area contributed by atoms with Crippen LogP contribution in [-0.2, 0) is 0 Å². The van der Waals surface area contributed by atoms with E-state index in [9.17, 15) is 0 Å². The van der Waals surface area contributed by atoms with Gasteiger partial charge in [-0.25, -0.2) is 0 Å². The topological polar surface area (TPSA) is 9.86 Å². The van der Waals surface area contributed by atoms with Crippen LogP contribution < -0.4 is 0 Å². The van der Waals surface area contributed by atoms with E-state index >= 15 is 0 Å². The summed E-state index contributed by atoms with van der Waals surface area (Å²) in [6, 6.07) is 80.7. The molecule has 0 aliphatic heterocycles. The Bertz CT molecular complexity index is 3580. The zero-order valence-corrected chi connectivity index (χ0v) is 32.7. The van der Waals surface area contributed by atoms with Crippen LogP contribution in [0.3, 0.4) is 0 Å². The van der Waals surface area contributed by atoms with E-state index in [1.54, 1.807) is 0 Å². The maximum absolute atomic E-state index is 2.47. The van der Waals surface area contributed by atoms with Crippen LogP contribution >= 0.6 is 0 Å². The molecule has 2 nitrogen and oxygen atoms in total. The SMILES string of the molecule is c1ccc(-c2cc3cc4c(cc(-c5ccccc5)c5cc6c(cc54)c4ccccc4n6-c4ccccc4)cc3c3cc4c5ccccc5n(-c5ccccc5)c4cc23)cc1. The molecule has 0 amide bonds. The fraction of sp³-hybridized carbons (Fsp3) is 0. The second kappa shape index (κ2) is 12.8. The molecule has 13 aromatic rings. The van der Waals surface area contributed by atoms with Crippen molar-refractivity contribution in [1.82, 2.24) is 9.13 Å². The minimum atomic E-state index is 1.16. The van der Waals surface area contributed by atoms with Crippen LogP contribution in [0.25, 0.3) is 120 Å². The third kappa shape index (κ3) is 4.82. The summed E-state index contributed by atoms with van der Waals surface area (Å²) in [5.74, 6) is 0. The van der Waals surface area contributed by atoms with Crippen molar-refractivity contribution in [3.8, 4) is 33.6 Å². The van der Waals surface area contributed by atoms with E-state index in [-0.39, 0.29) is 0 Å². The van der Waals surface area contributed by atoms with E-state index in [1.165, 1.54) is 109 Å². The van der Waals surface area contributed by atoms with Crippen molar-refractivity contribution in [2.24, 2.45) is 0 Å². The number of nitrogens with zero attached hydrogens (tertiary/aromatic N) is 2. The zero-order valence-electron chi connectivity index (χ0n) is 32.7. The Morgan fingerprint density at radius 3 is 1.00 bits per heavy atom. The van der Waals surface area contributed by atoms with Gasteiger partial charge < -0.3 is 9.13 Å². The molecular weight excluding hydrogens is 725 g/mol. The minimum absolute atomic E-state index is 1.16. The molecule has 0 aliphatic carbocycles. The lowest BCUT2D eigenvalue weighted by Crippen LogP contribution is -1.94. The van der Waals surface area contributed by atoms with E-state index in [2.05, 4.69) is 228 Å². The fourth-order valence-electron chi connectivity index (χ4n) is 10.2. The molecule has 0 atom stereocenters. The molecule has 0 bridgehead atoms. The number of fused-ring (bicyclic) bond motifs is 12. The Hall–Kier alpha value is -7.94. The molecule has 0 N–H and O–H groups in total. The molecule has 0 saturated heterocycles. The summed E-state index contributed by atoms with van der Waals surface area (Å²) < 4.78 is 4.86. The maximum Gasteiger partial charge on any atom is 0.0547 e. The molecule has 11 aromatic carbocycles. The predicted octanol–water partition coefficient (Wildman–Crippen LogP) is 15.8. The first kappa shape index (κ1) is 33.1. The predicted molar refractivity (Wildman–Crippen MR) is 256 cm³/mol. The Morgan fingerprint density at radius 2 is 0.583 bits per heavy atom. The van der Waals surface area contributed by atoms with Gasteiger partial charge in [-0.2, -0.15) is 0 Å². The molecule has 0 aliphatic rings. The van der Waals surface area contributed by atoms with E-state index in [1.807, 2.05) is 0 Å². The highest BCUT2D eigenvalue weighted by atomic mass is 15.0. The van der Waals surface area contributed by atoms with Crippen molar-refractivity contribution in [3.63, 3.8) is 0 Å². The first-order valence-corrected chi connectivity index (χ1v) is 20.8. The molecule has 0 saturated carbocycles. The van der Waals surface area contributed by atoms with Gasteiger partial charge in [0.05, 0.1) is 22.1 Å². The molecule has 2 heterocycles. The Labute approximate surface area is 346 Å². The molecule has 0 unspecified atom stereocenters. The highest BCUT2D eigenvalue weighted by Gasteiger charge is 2.20. The van der Waals surface area contributed by atoms with Crippen molar-refractivity contribution in [2.45, 2.75) is 0 Å². The summed E-state index contributed by atoms with van der Waals surface area (Å²) in [6.45, 7) is 0. The highest BCUT2D eigenvalue weighted by molar-refractivity contribution is 6.27. The van der Waals surface area contributed by atoms with Gasteiger partial charge in [0.15, 0.2) is 0 Å². The van der Waals surface area contributed by atoms with E-state index in [0.717, 1.165) is 11.4 Å². The smallest absolute Gasteiger partial charge is 0.0547 e. The lowest BCUT2D eigenvalue weighted by Gasteiger charge is -2.16. The number of hydrogen-bond acceptors (Lipinski definition) is 0. The average molecular weight is 761 g/mol. The van der Waals surface area contributed by atoms with Gasteiger partial charge >= 0.3 is 0 Å². The summed E-state index contributed by atoms with van der Waals surface area (Å²) in [6.07, 6.45) is 0. The quantitative estimate of drug-likeness (QED) is 0.125. The Kier molecular flexibility index (Phi) is 7.05. The zero-order chi connectivity index (χ0) is 39.3. The molecular formula is C58H36N2. The Morgan fingerprint density at radius 1 is 0.217 bits per heavy atom. The van der Waals surface area contributed by atoms with Crippen molar-refractivity contribution in [3.05, 3.63) is 218 Å². The van der Waals surface area contributed by atoms with Gasteiger partial charge in [-0.15, -0.1) is 0 Å². The lowest BCUT2D eigenvalue weighted by molar-refractivity contribution is 1.18. The second-order valence-corrected chi connectivity index (χ2v) is 16.1. The monoisotopic (exact) mass is 760 g/mol. The first-order valence-electron chi connectivity index (χ1n) is 20.8. The van der Waals surface area contributed by atoms with Gasteiger partial charge in [-0.05, 0) is 150 Å². The number of hydrogen-bond donors (Lipinski definition) is 0. The van der Waals surface area contributed by atoms with E-state index in [0.29, 0.717) is 0 Å². The number of benzene rings is 11. The van der Waals surface area contributed by atoms with Crippen LogP contribution in [0.2, 0.25) is 0 Å². The van der Waals surface area contributed by atoms with Crippen LogP contribution in [0.1, 0.15) is 0 Å². The van der Waals surface area contributed by atoms with Crippen LogP contribution in [-0.4, -0.2) is 9.13 Å². The van der Waals surface area contributed by atoms with Crippen LogP contribution in [0.5, 0.6) is 0 Å². The van der Waals surface area contributed by atoms with Gasteiger partial charge in [-0.1, -0.05) is 133 Å². The van der Waals surface area contributed by atoms with Crippen LogP contribution in [0.15, 0.2) is 218 Å². The van der Waals surface area contributed by atoms with Gasteiger partial charge in [0.2, 0.25) is 0 Å². The van der Waals surface area contributed by atoms with Crippen LogP contribution in [0, 0.1) is 0 Å². The van der Waals surface area contributed by atoms with Crippen molar-refractivity contribution in [2.75, 3.05) is 0 Å². The molecule has 13 rings (SSSR count). The molecule has 60 heavy (non-hydrogen) atoms. The largest absolute Gasteiger partial charge is 0.309 e. The summed E-state index contributed by atoms with van der Waals surface area (Å²) in [7, 11) is 0. The number of rotatable bonds is 4. The number of aromatic nitrogens is 2. The van der Waals surface area contributed by atoms with Crippen molar-refractivity contribution < 1.29 is 0 Å². The normalized spacial score (nSPS) is 12.0. The summed E-state index contributed by atoms with van der Waals surface area (Å²) >= 11 is 0. The first-order chi connectivity index (χ1) is 29.8. The van der Waals surface area contributed by atoms with Gasteiger partial charge in [0.1, 0.15) is 0 Å². The maximum atomic E-state index is 2.47. The highest BCUT2D eigenvalue weighted by Crippen LogP contribution is 2.45. The van der Waals surface area contributed by atoms with Crippen molar-refractivity contribution >= 4 is 86.7 Å². The Balaban J connectivity index is 1.19. The van der Waals surface area contributed by atoms with Gasteiger partial charge in [-0.3, -0.25) is 0 Å². The van der Waals surface area contributed by atoms with Crippen molar-refractivity contribution in [1.29, 1.82) is 0 Å². The second-order valence-electron chi connectivity index (χ2n) is 16.1. The lowest BCUT2D eigenvalue weighted by atomic mass is 9.88. The summed E-state index contributed by atoms with van der Waals surface area (Å²) in [5, 5.41) is 15.1. The van der Waals surface area contributed by atoms with E-state index in [4.69, 9.17) is 0 Å². The molecule has 2 aromatic heterocycles. The van der Waals surface area contributed by atoms with E-state index < -0.39 is 0 Å². The summed E-state index contributed by atoms with van der Waals surface area (Å²) in [5.41, 5.74) is 12.1. The molecule has 0 fully saturated rings. The van der Waals surface area contributed by atoms with Gasteiger partial charge in [0, 0.05) is 32.9 Å². The minimum Gasteiger partial charge on any atom is -0.309 e. The van der Waals surface area contributed by atoms with Crippen LogP contribution in [0.4, 0.5) is 0 Å². The molecule has 0 spiro atoms. The molecule has 0 radical (unpaired) electrons. The standard InChI is InChI=1S/C58H36N2/c1-5-17-37(18-6-1)45-29-39-31-48-40(32-47(39)49-33-53-43-25-13-15-27-55(43)59(57(53)35-51(45)49)41-21-9-3-10-22-41)30-46(38-19-7-2-8-20-38)52-36-58-54(34-50(48)52)44-26-14-16-28-56(44)60(58)42-23-11-4-12-24-42/h1-36H. The summed E-state index contributed by atoms with van der Waals surface area (Å²) in [4.78, 5) is 0. The third-order valence-corrected chi connectivity index (χ3v) is 12.8. The fourth-order valence-corrected chi connectivity index (χ4v) is 10.2. The third-order valence-electron chi connectivity index (χ3n) is 12.8. The molecule has 278 valence electrons.